The second-order valence-electron chi connectivity index (χ2n) is 4.31. The van der Waals surface area contributed by atoms with E-state index in [1.165, 1.54) is 34.2 Å². The fraction of sp³-hybridized carbons (Fsp3) is 0.0625. The van der Waals surface area contributed by atoms with Gasteiger partial charge in [0.05, 0.1) is 0 Å². The Morgan fingerprint density at radius 2 is 1.56 bits per heavy atom. The van der Waals surface area contributed by atoms with Gasteiger partial charge in [0.1, 0.15) is 0 Å². The van der Waals surface area contributed by atoms with E-state index in [0.717, 1.165) is 0 Å². The lowest BCUT2D eigenvalue weighted by atomic mass is 10.1. The maximum atomic E-state index is 2.31. The van der Waals surface area contributed by atoms with Crippen molar-refractivity contribution in [1.82, 2.24) is 0 Å². The van der Waals surface area contributed by atoms with Crippen LogP contribution < -0.4 is 0 Å². The third kappa shape index (κ3) is 2.38. The van der Waals surface area contributed by atoms with Crippen LogP contribution in [-0.2, 0) is 0 Å². The van der Waals surface area contributed by atoms with Crippen molar-refractivity contribution in [2.75, 3.05) is 0 Å². The number of rotatable bonds is 2. The first-order valence-corrected chi connectivity index (χ1v) is 8.24. The van der Waals surface area contributed by atoms with Gasteiger partial charge >= 0.3 is 0 Å². The quantitative estimate of drug-likeness (QED) is 0.537. The van der Waals surface area contributed by atoms with Crippen molar-refractivity contribution in [3.63, 3.8) is 0 Å². The maximum absolute atomic E-state index is 2.31. The lowest BCUT2D eigenvalue weighted by Gasteiger charge is -1.97. The molecule has 0 fully saturated rings. The number of hydrogen-bond acceptors (Lipinski definition) is 1. The fourth-order valence-electron chi connectivity index (χ4n) is 1.87. The van der Waals surface area contributed by atoms with Gasteiger partial charge in [-0.2, -0.15) is 0 Å². The maximum Gasteiger partial charge on any atom is 0.0399 e. The minimum absolute atomic E-state index is 1.31. The van der Waals surface area contributed by atoms with Crippen molar-refractivity contribution in [2.45, 2.75) is 6.92 Å². The standard InChI is InChI=1S/C16H13PS/c1-12-7-9-14(10-8-12)16-11-15(17-18-16)13-5-3-2-4-6-13/h2-11H,1H3. The predicted molar refractivity (Wildman–Crippen MR) is 82.4 cm³/mol. The highest BCUT2D eigenvalue weighted by molar-refractivity contribution is 7.83. The minimum atomic E-state index is 1.31. The molecule has 0 aliphatic heterocycles. The van der Waals surface area contributed by atoms with Crippen LogP contribution in [0.15, 0.2) is 60.7 Å². The van der Waals surface area contributed by atoms with Gasteiger partial charge in [0.15, 0.2) is 0 Å². The summed E-state index contributed by atoms with van der Waals surface area (Å²) < 4.78 is 0. The first kappa shape index (κ1) is 11.6. The smallest absolute Gasteiger partial charge is 0.0399 e. The summed E-state index contributed by atoms with van der Waals surface area (Å²) in [6.45, 7) is 2.12. The molecular formula is C16H13PS. The first-order valence-electron chi connectivity index (χ1n) is 5.92. The second kappa shape index (κ2) is 5.06. The molecular weight excluding hydrogens is 255 g/mol. The minimum Gasteiger partial charge on any atom is -0.112 e. The Morgan fingerprint density at radius 3 is 2.28 bits per heavy atom. The molecule has 0 unspecified atom stereocenters. The average molecular weight is 268 g/mol. The molecule has 18 heavy (non-hydrogen) atoms. The molecule has 0 amide bonds. The zero-order valence-corrected chi connectivity index (χ0v) is 11.8. The van der Waals surface area contributed by atoms with E-state index in [1.807, 2.05) is 10.9 Å². The van der Waals surface area contributed by atoms with Crippen LogP contribution in [0, 0.1) is 6.92 Å². The summed E-state index contributed by atoms with van der Waals surface area (Å²) in [6.07, 6.45) is 0. The van der Waals surface area contributed by atoms with Crippen LogP contribution in [0.3, 0.4) is 0 Å². The van der Waals surface area contributed by atoms with E-state index >= 15 is 0 Å². The van der Waals surface area contributed by atoms with Crippen LogP contribution in [0.1, 0.15) is 5.56 Å². The first-order chi connectivity index (χ1) is 8.83. The lowest BCUT2D eigenvalue weighted by Crippen LogP contribution is -1.74. The van der Waals surface area contributed by atoms with Crippen molar-refractivity contribution in [3.05, 3.63) is 66.2 Å². The topological polar surface area (TPSA) is 0 Å². The van der Waals surface area contributed by atoms with Gasteiger partial charge in [-0.1, -0.05) is 60.2 Å². The van der Waals surface area contributed by atoms with Gasteiger partial charge in [-0.05, 0) is 31.5 Å². The highest BCUT2D eigenvalue weighted by atomic mass is 32.5. The molecule has 2 heteroatoms. The Bertz CT molecular complexity index is 638. The number of hydrogen-bond donors (Lipinski definition) is 0. The summed E-state index contributed by atoms with van der Waals surface area (Å²) in [6, 6.07) is 21.7. The SMILES string of the molecule is Cc1ccc(-c2cc(-c3ccccc3)ps2)cc1. The molecule has 0 radical (unpaired) electrons. The van der Waals surface area contributed by atoms with Crippen LogP contribution in [-0.4, -0.2) is 0 Å². The molecule has 0 spiro atoms. The van der Waals surface area contributed by atoms with Gasteiger partial charge in [0, 0.05) is 10.2 Å². The lowest BCUT2D eigenvalue weighted by molar-refractivity contribution is 1.48. The fourth-order valence-corrected chi connectivity index (χ4v) is 4.55. The van der Waals surface area contributed by atoms with Crippen molar-refractivity contribution < 1.29 is 0 Å². The molecule has 0 aliphatic rings. The predicted octanol–water partition coefficient (Wildman–Crippen LogP) is 5.97. The Hall–Kier alpha value is -1.43. The van der Waals surface area contributed by atoms with E-state index in [9.17, 15) is 0 Å². The number of benzene rings is 2. The summed E-state index contributed by atoms with van der Waals surface area (Å²) in [4.78, 5) is 1.37. The van der Waals surface area contributed by atoms with Crippen molar-refractivity contribution >= 4 is 18.3 Å². The number of aryl methyl sites for hydroxylation is 1. The average Bonchev–Trinajstić information content (AvgIpc) is 2.90. The van der Waals surface area contributed by atoms with Crippen LogP contribution in [0.5, 0.6) is 0 Å². The second-order valence-corrected chi connectivity index (χ2v) is 6.69. The van der Waals surface area contributed by atoms with Gasteiger partial charge in [0.25, 0.3) is 0 Å². The molecule has 0 bridgehead atoms. The van der Waals surface area contributed by atoms with E-state index < -0.39 is 0 Å². The molecule has 0 saturated carbocycles. The highest BCUT2D eigenvalue weighted by Gasteiger charge is 2.04. The van der Waals surface area contributed by atoms with Crippen molar-refractivity contribution in [3.8, 4) is 21.3 Å². The normalized spacial score (nSPS) is 10.9. The molecule has 0 aliphatic carbocycles. The summed E-state index contributed by atoms with van der Waals surface area (Å²) in [5, 5.41) is 1.40. The summed E-state index contributed by atoms with van der Waals surface area (Å²) in [5.41, 5.74) is 3.96. The molecule has 0 saturated heterocycles. The van der Waals surface area contributed by atoms with Crippen LogP contribution in [0.2, 0.25) is 0 Å². The molecule has 0 nitrogen and oxygen atoms in total. The Balaban J connectivity index is 1.97. The Labute approximate surface area is 113 Å². The summed E-state index contributed by atoms with van der Waals surface area (Å²) in [7, 11) is 3.23. The van der Waals surface area contributed by atoms with Gasteiger partial charge in [0.2, 0.25) is 0 Å². The third-order valence-electron chi connectivity index (χ3n) is 2.92. The van der Waals surface area contributed by atoms with Crippen LogP contribution >= 0.6 is 18.3 Å². The zero-order chi connectivity index (χ0) is 12.4. The van der Waals surface area contributed by atoms with E-state index in [0.29, 0.717) is 0 Å². The summed E-state index contributed by atoms with van der Waals surface area (Å²) in [5.74, 6) is 0. The molecule has 3 aromatic rings. The largest absolute Gasteiger partial charge is 0.112 e. The molecule has 0 atom stereocenters. The third-order valence-corrected chi connectivity index (χ3v) is 5.60. The van der Waals surface area contributed by atoms with Crippen molar-refractivity contribution in [2.24, 2.45) is 0 Å². The van der Waals surface area contributed by atoms with Crippen LogP contribution in [0.25, 0.3) is 21.3 Å². The monoisotopic (exact) mass is 268 g/mol. The van der Waals surface area contributed by atoms with E-state index in [1.54, 1.807) is 0 Å². The van der Waals surface area contributed by atoms with Crippen LogP contribution in [0.4, 0.5) is 0 Å². The molecule has 1 aromatic heterocycles. The highest BCUT2D eigenvalue weighted by Crippen LogP contribution is 2.40. The molecule has 3 rings (SSSR count). The molecule has 2 aromatic carbocycles. The Kier molecular flexibility index (Phi) is 3.27. The zero-order valence-electron chi connectivity index (χ0n) is 10.1. The van der Waals surface area contributed by atoms with Gasteiger partial charge in [-0.3, -0.25) is 0 Å². The van der Waals surface area contributed by atoms with Gasteiger partial charge in [-0.25, -0.2) is 0 Å². The van der Waals surface area contributed by atoms with Gasteiger partial charge in [-0.15, -0.1) is 10.9 Å². The van der Waals surface area contributed by atoms with E-state index in [2.05, 4.69) is 67.6 Å². The summed E-state index contributed by atoms with van der Waals surface area (Å²) >= 11 is 0. The van der Waals surface area contributed by atoms with Gasteiger partial charge < -0.3 is 0 Å². The van der Waals surface area contributed by atoms with E-state index in [4.69, 9.17) is 0 Å². The van der Waals surface area contributed by atoms with Crippen molar-refractivity contribution in [1.29, 1.82) is 0 Å². The molecule has 1 heterocycles. The van der Waals surface area contributed by atoms with E-state index in [-0.39, 0.29) is 0 Å². The molecule has 0 N–H and O–H groups in total. The Morgan fingerprint density at radius 1 is 0.833 bits per heavy atom. The molecule has 88 valence electrons.